The lowest BCUT2D eigenvalue weighted by molar-refractivity contribution is -0.137. The van der Waals surface area contributed by atoms with Crippen LogP contribution in [0.25, 0.3) is 22.0 Å². The van der Waals surface area contributed by atoms with Gasteiger partial charge in [0.2, 0.25) is 0 Å². The van der Waals surface area contributed by atoms with Crippen LogP contribution in [0.5, 0.6) is 0 Å². The Kier molecular flexibility index (Phi) is 10.4. The lowest BCUT2D eigenvalue weighted by Gasteiger charge is -2.15. The molecule has 3 aromatic rings. The molecule has 1 aliphatic heterocycles. The van der Waals surface area contributed by atoms with Crippen LogP contribution in [0.1, 0.15) is 5.56 Å². The number of pyridine rings is 1. The molecule has 0 bridgehead atoms. The minimum Gasteiger partial charge on any atom is -0.440 e. The standard InChI is InChI=1S/C28H29F3N2O9/c1-37-8-9-38-10-11-39-12-13-40-27(36)41-17-20-16-33(26(35)42-20)19-7-6-18-14-24(32-25(34)22(18)15-19)21-4-2-3-5-23(21)28(29,30)31/h2-7,14-15,20H,8-13,16-17H2,1H3,(H,32,34)/t20-/m0/s1. The first-order valence-corrected chi connectivity index (χ1v) is 12.9. The number of fused-ring (bicyclic) bond motifs is 1. The maximum absolute atomic E-state index is 13.5. The van der Waals surface area contributed by atoms with Crippen LogP contribution >= 0.6 is 0 Å². The number of hydrogen-bond donors (Lipinski definition) is 1. The van der Waals surface area contributed by atoms with Gasteiger partial charge in [-0.1, -0.05) is 24.3 Å². The van der Waals surface area contributed by atoms with Gasteiger partial charge >= 0.3 is 18.4 Å². The van der Waals surface area contributed by atoms with Crippen molar-refractivity contribution in [1.82, 2.24) is 4.98 Å². The molecule has 0 aliphatic carbocycles. The van der Waals surface area contributed by atoms with Gasteiger partial charge in [-0.25, -0.2) is 9.59 Å². The number of alkyl halides is 3. The summed E-state index contributed by atoms with van der Waals surface area (Å²) in [4.78, 5) is 40.9. The third kappa shape index (κ3) is 7.99. The number of carbonyl (C=O) groups is 2. The van der Waals surface area contributed by atoms with Gasteiger partial charge in [0.25, 0.3) is 5.56 Å². The van der Waals surface area contributed by atoms with Gasteiger partial charge in [-0.15, -0.1) is 0 Å². The van der Waals surface area contributed by atoms with Crippen molar-refractivity contribution in [2.24, 2.45) is 0 Å². The summed E-state index contributed by atoms with van der Waals surface area (Å²) in [5, 5.41) is 0.549. The highest BCUT2D eigenvalue weighted by Gasteiger charge is 2.35. The number of H-pyrrole nitrogens is 1. The number of benzene rings is 2. The van der Waals surface area contributed by atoms with E-state index in [0.717, 1.165) is 6.07 Å². The summed E-state index contributed by atoms with van der Waals surface area (Å²) >= 11 is 0. The number of rotatable bonds is 13. The zero-order valence-corrected chi connectivity index (χ0v) is 22.6. The number of hydrogen-bond acceptors (Lipinski definition) is 9. The van der Waals surface area contributed by atoms with E-state index in [9.17, 15) is 27.6 Å². The Bertz CT molecular complexity index is 1440. The van der Waals surface area contributed by atoms with Crippen molar-refractivity contribution >= 4 is 28.7 Å². The number of methoxy groups -OCH3 is 1. The third-order valence-electron chi connectivity index (χ3n) is 6.18. The maximum atomic E-state index is 13.5. The van der Waals surface area contributed by atoms with E-state index in [1.807, 2.05) is 0 Å². The Balaban J connectivity index is 1.31. The monoisotopic (exact) mass is 594 g/mol. The summed E-state index contributed by atoms with van der Waals surface area (Å²) in [6, 6.07) is 10.9. The van der Waals surface area contributed by atoms with Crippen molar-refractivity contribution in [3.63, 3.8) is 0 Å². The molecule has 2 aromatic carbocycles. The molecule has 0 spiro atoms. The van der Waals surface area contributed by atoms with Gasteiger partial charge in [-0.2, -0.15) is 13.2 Å². The molecule has 0 unspecified atom stereocenters. The topological polar surface area (TPSA) is 126 Å². The van der Waals surface area contributed by atoms with Crippen molar-refractivity contribution < 1.29 is 51.2 Å². The number of aromatic nitrogens is 1. The largest absolute Gasteiger partial charge is 0.508 e. The Hall–Kier alpha value is -4.14. The summed E-state index contributed by atoms with van der Waals surface area (Å²) in [6.07, 6.45) is -7.07. The van der Waals surface area contributed by atoms with Crippen molar-refractivity contribution in [3.05, 3.63) is 64.4 Å². The first-order valence-electron chi connectivity index (χ1n) is 12.9. The molecule has 1 fully saturated rings. The first-order chi connectivity index (χ1) is 20.2. The number of halogens is 3. The second-order valence-corrected chi connectivity index (χ2v) is 9.07. The van der Waals surface area contributed by atoms with Crippen LogP contribution in [0, 0.1) is 0 Å². The predicted molar refractivity (Wildman–Crippen MR) is 143 cm³/mol. The molecule has 0 saturated carbocycles. The number of anilines is 1. The van der Waals surface area contributed by atoms with E-state index in [-0.39, 0.29) is 43.0 Å². The first kappa shape index (κ1) is 30.8. The maximum Gasteiger partial charge on any atom is 0.508 e. The van der Waals surface area contributed by atoms with Crippen LogP contribution in [0.3, 0.4) is 0 Å². The molecule has 1 aliphatic rings. The van der Waals surface area contributed by atoms with Gasteiger partial charge in [0.05, 0.1) is 45.1 Å². The smallest absolute Gasteiger partial charge is 0.440 e. The number of nitrogens with zero attached hydrogens (tertiary/aromatic N) is 1. The zero-order valence-electron chi connectivity index (χ0n) is 22.6. The summed E-state index contributed by atoms with van der Waals surface area (Å²) in [5.74, 6) is 0. The number of ether oxygens (including phenoxy) is 6. The average molecular weight is 595 g/mol. The Labute approximate surface area is 238 Å². The molecule has 14 heteroatoms. The number of carbonyl (C=O) groups excluding carboxylic acids is 2. The van der Waals surface area contributed by atoms with Crippen molar-refractivity contribution in [3.8, 4) is 11.3 Å². The van der Waals surface area contributed by atoms with Gasteiger partial charge in [0.15, 0.2) is 6.10 Å². The highest BCUT2D eigenvalue weighted by Crippen LogP contribution is 2.36. The van der Waals surface area contributed by atoms with Crippen LogP contribution in [0.15, 0.2) is 53.3 Å². The normalized spacial score (nSPS) is 15.2. The lowest BCUT2D eigenvalue weighted by Crippen LogP contribution is -2.27. The molecular weight excluding hydrogens is 565 g/mol. The van der Waals surface area contributed by atoms with E-state index in [0.29, 0.717) is 37.5 Å². The Morgan fingerprint density at radius 3 is 2.43 bits per heavy atom. The second kappa shape index (κ2) is 14.2. The fourth-order valence-electron chi connectivity index (χ4n) is 4.20. The van der Waals surface area contributed by atoms with Crippen LogP contribution in [0.4, 0.5) is 28.4 Å². The number of cyclic esters (lactones) is 1. The minimum atomic E-state index is -4.60. The van der Waals surface area contributed by atoms with E-state index in [1.54, 1.807) is 13.2 Å². The molecule has 1 atom stereocenters. The zero-order chi connectivity index (χ0) is 30.1. The van der Waals surface area contributed by atoms with E-state index in [1.165, 1.54) is 41.3 Å². The molecule has 0 radical (unpaired) electrons. The van der Waals surface area contributed by atoms with Crippen molar-refractivity contribution in [1.29, 1.82) is 0 Å². The van der Waals surface area contributed by atoms with Gasteiger partial charge in [-0.3, -0.25) is 9.69 Å². The Morgan fingerprint density at radius 2 is 1.69 bits per heavy atom. The molecule has 1 N–H and O–H groups in total. The Morgan fingerprint density at radius 1 is 0.976 bits per heavy atom. The van der Waals surface area contributed by atoms with E-state index in [4.69, 9.17) is 28.4 Å². The van der Waals surface area contributed by atoms with Gasteiger partial charge < -0.3 is 33.4 Å². The van der Waals surface area contributed by atoms with Crippen LogP contribution in [0.2, 0.25) is 0 Å². The number of aromatic amines is 1. The molecule has 1 amide bonds. The summed E-state index contributed by atoms with van der Waals surface area (Å²) < 4.78 is 71.0. The number of amides is 1. The van der Waals surface area contributed by atoms with Crippen LogP contribution in [-0.4, -0.2) is 83.2 Å². The molecule has 226 valence electrons. The minimum absolute atomic E-state index is 0.0105. The average Bonchev–Trinajstić information content (AvgIpc) is 3.34. The summed E-state index contributed by atoms with van der Waals surface area (Å²) in [5.41, 5.74) is -1.32. The molecule has 4 rings (SSSR count). The fourth-order valence-corrected chi connectivity index (χ4v) is 4.20. The molecular formula is C28H29F3N2O9. The van der Waals surface area contributed by atoms with Gasteiger partial charge in [-0.05, 0) is 29.7 Å². The van der Waals surface area contributed by atoms with E-state index in [2.05, 4.69) is 4.98 Å². The number of nitrogens with one attached hydrogen (secondary N) is 1. The summed E-state index contributed by atoms with van der Waals surface area (Å²) in [7, 11) is 1.57. The molecule has 11 nitrogen and oxygen atoms in total. The van der Waals surface area contributed by atoms with Gasteiger partial charge in [0.1, 0.15) is 13.2 Å². The van der Waals surface area contributed by atoms with Crippen LogP contribution in [-0.2, 0) is 34.6 Å². The highest BCUT2D eigenvalue weighted by molar-refractivity contribution is 5.94. The molecule has 1 aromatic heterocycles. The molecule has 1 saturated heterocycles. The fraction of sp³-hybridized carbons (Fsp3) is 0.393. The molecule has 42 heavy (non-hydrogen) atoms. The van der Waals surface area contributed by atoms with Gasteiger partial charge in [0, 0.05) is 29.4 Å². The summed E-state index contributed by atoms with van der Waals surface area (Å²) in [6.45, 7) is 1.51. The quantitative estimate of drug-likeness (QED) is 0.227. The van der Waals surface area contributed by atoms with E-state index < -0.39 is 35.7 Å². The van der Waals surface area contributed by atoms with E-state index >= 15 is 0 Å². The van der Waals surface area contributed by atoms with Crippen molar-refractivity contribution in [2.45, 2.75) is 12.3 Å². The lowest BCUT2D eigenvalue weighted by atomic mass is 10.0. The third-order valence-corrected chi connectivity index (χ3v) is 6.18. The second-order valence-electron chi connectivity index (χ2n) is 9.07. The molecule has 2 heterocycles. The SMILES string of the molecule is COCCOCCOCCOC(=O)OC[C@@H]1CN(c2ccc3cc(-c4ccccc4C(F)(F)F)[nH]c(=O)c3c2)C(=O)O1. The predicted octanol–water partition coefficient (Wildman–Crippen LogP) is 4.37. The highest BCUT2D eigenvalue weighted by atomic mass is 19.4. The van der Waals surface area contributed by atoms with Crippen molar-refractivity contribution in [2.75, 3.05) is 64.8 Å². The van der Waals surface area contributed by atoms with Crippen LogP contribution < -0.4 is 10.5 Å².